The highest BCUT2D eigenvalue weighted by atomic mass is 19.1. The molecule has 0 aliphatic carbocycles. The molecule has 0 saturated carbocycles. The molecule has 0 bridgehead atoms. The number of carboxylic acids is 1. The number of aromatic carboxylic acids is 1. The number of halogens is 2. The monoisotopic (exact) mass is 452 g/mol. The summed E-state index contributed by atoms with van der Waals surface area (Å²) in [6, 6.07) is 11.2. The third kappa shape index (κ3) is 3.93. The zero-order chi connectivity index (χ0) is 23.9. The second-order valence-electron chi connectivity index (χ2n) is 8.41. The molecule has 2 aromatic heterocycles. The SMILES string of the molecule is COCC(C)(C)c1c(-c2ccc(C(=O)O)cc2)c2c(O)cc(F)cc2n1-c1ccc(F)cn1. The number of nitrogens with zero attached hydrogens (tertiary/aromatic N) is 2. The van der Waals surface area contributed by atoms with Crippen LogP contribution in [0.1, 0.15) is 29.9 Å². The maximum Gasteiger partial charge on any atom is 0.335 e. The third-order valence-corrected chi connectivity index (χ3v) is 5.52. The zero-order valence-corrected chi connectivity index (χ0v) is 18.3. The van der Waals surface area contributed by atoms with E-state index >= 15 is 0 Å². The number of phenolic OH excluding ortho intramolecular Hbond substituents is 1. The van der Waals surface area contributed by atoms with Gasteiger partial charge in [0.15, 0.2) is 0 Å². The lowest BCUT2D eigenvalue weighted by Crippen LogP contribution is -2.27. The van der Waals surface area contributed by atoms with E-state index in [0.29, 0.717) is 33.5 Å². The minimum atomic E-state index is -1.07. The molecule has 4 rings (SSSR count). The van der Waals surface area contributed by atoms with Crippen molar-refractivity contribution in [2.45, 2.75) is 19.3 Å². The van der Waals surface area contributed by atoms with Crippen LogP contribution in [0.2, 0.25) is 0 Å². The number of carboxylic acid groups (broad SMARTS) is 1. The zero-order valence-electron chi connectivity index (χ0n) is 18.3. The Kier molecular flexibility index (Phi) is 5.63. The van der Waals surface area contributed by atoms with Crippen LogP contribution in [-0.4, -0.2) is 39.5 Å². The van der Waals surface area contributed by atoms with Crippen molar-refractivity contribution in [3.05, 3.63) is 77.6 Å². The fraction of sp³-hybridized carbons (Fsp3) is 0.200. The van der Waals surface area contributed by atoms with Crippen LogP contribution in [0.3, 0.4) is 0 Å². The summed E-state index contributed by atoms with van der Waals surface area (Å²) in [5.41, 5.74) is 1.61. The number of pyridine rings is 1. The molecule has 2 N–H and O–H groups in total. The maximum absolute atomic E-state index is 14.4. The molecule has 6 nitrogen and oxygen atoms in total. The molecule has 170 valence electrons. The number of ether oxygens (including phenoxy) is 1. The third-order valence-electron chi connectivity index (χ3n) is 5.52. The van der Waals surface area contributed by atoms with Crippen molar-refractivity contribution >= 4 is 16.9 Å². The van der Waals surface area contributed by atoms with Crippen molar-refractivity contribution in [3.8, 4) is 22.7 Å². The van der Waals surface area contributed by atoms with Crippen LogP contribution in [0.15, 0.2) is 54.7 Å². The quantitative estimate of drug-likeness (QED) is 0.415. The van der Waals surface area contributed by atoms with Crippen LogP contribution in [-0.2, 0) is 10.2 Å². The van der Waals surface area contributed by atoms with E-state index in [0.717, 1.165) is 12.3 Å². The predicted molar refractivity (Wildman–Crippen MR) is 120 cm³/mol. The summed E-state index contributed by atoms with van der Waals surface area (Å²) >= 11 is 0. The average molecular weight is 452 g/mol. The molecular weight excluding hydrogens is 430 g/mol. The van der Waals surface area contributed by atoms with E-state index in [-0.39, 0.29) is 17.9 Å². The van der Waals surface area contributed by atoms with Gasteiger partial charge >= 0.3 is 5.97 Å². The predicted octanol–water partition coefficient (Wildman–Crippen LogP) is 5.30. The van der Waals surface area contributed by atoms with E-state index in [1.54, 1.807) is 23.8 Å². The first-order chi connectivity index (χ1) is 15.6. The lowest BCUT2D eigenvalue weighted by molar-refractivity contribution is 0.0697. The molecule has 0 aliphatic rings. The lowest BCUT2D eigenvalue weighted by atomic mass is 9.84. The van der Waals surface area contributed by atoms with Crippen molar-refractivity contribution in [1.29, 1.82) is 0 Å². The lowest BCUT2D eigenvalue weighted by Gasteiger charge is -2.28. The second kappa shape index (κ2) is 8.29. The summed E-state index contributed by atoms with van der Waals surface area (Å²) in [5, 5.41) is 20.4. The van der Waals surface area contributed by atoms with Gasteiger partial charge in [0.05, 0.1) is 29.3 Å². The van der Waals surface area contributed by atoms with Gasteiger partial charge in [0.2, 0.25) is 0 Å². The van der Waals surface area contributed by atoms with Gasteiger partial charge in [0, 0.05) is 29.8 Å². The Labute approximate surface area is 188 Å². The van der Waals surface area contributed by atoms with Crippen molar-refractivity contribution in [2.75, 3.05) is 13.7 Å². The normalized spacial score (nSPS) is 11.8. The minimum absolute atomic E-state index is 0.107. The van der Waals surface area contributed by atoms with Crippen LogP contribution < -0.4 is 0 Å². The van der Waals surface area contributed by atoms with Crippen LogP contribution in [0, 0.1) is 11.6 Å². The van der Waals surface area contributed by atoms with Crippen LogP contribution in [0.25, 0.3) is 27.8 Å². The van der Waals surface area contributed by atoms with E-state index < -0.39 is 23.0 Å². The Hall–Kier alpha value is -3.78. The van der Waals surface area contributed by atoms with Gasteiger partial charge < -0.3 is 14.9 Å². The molecule has 0 fully saturated rings. The summed E-state index contributed by atoms with van der Waals surface area (Å²) in [5.74, 6) is -2.18. The van der Waals surface area contributed by atoms with Crippen molar-refractivity contribution < 1.29 is 28.5 Å². The highest BCUT2D eigenvalue weighted by Crippen LogP contribution is 2.46. The van der Waals surface area contributed by atoms with Gasteiger partial charge in [-0.05, 0) is 35.9 Å². The summed E-state index contributed by atoms with van der Waals surface area (Å²) in [7, 11) is 1.56. The molecule has 8 heteroatoms. The van der Waals surface area contributed by atoms with Crippen LogP contribution in [0.4, 0.5) is 8.78 Å². The molecule has 0 amide bonds. The van der Waals surface area contributed by atoms with Gasteiger partial charge in [-0.1, -0.05) is 26.0 Å². The van der Waals surface area contributed by atoms with E-state index in [4.69, 9.17) is 4.74 Å². The standard InChI is InChI=1S/C25H22F2N2O4/c1-25(2,13-33-3)23-21(14-4-6-15(7-5-14)24(31)32)22-18(10-17(27)11-19(22)30)29(23)20-9-8-16(26)12-28-20/h4-12,30H,13H2,1-3H3,(H,31,32). The molecule has 0 aliphatic heterocycles. The summed E-state index contributed by atoms with van der Waals surface area (Å²) in [6.45, 7) is 4.12. The number of hydrogen-bond acceptors (Lipinski definition) is 4. The molecule has 4 aromatic rings. The van der Waals surface area contributed by atoms with Crippen LogP contribution in [0.5, 0.6) is 5.75 Å². The summed E-state index contributed by atoms with van der Waals surface area (Å²) in [6.07, 6.45) is 1.06. The van der Waals surface area contributed by atoms with Gasteiger partial charge in [-0.15, -0.1) is 0 Å². The Bertz CT molecular complexity index is 1340. The molecule has 0 atom stereocenters. The number of methoxy groups -OCH3 is 1. The highest BCUT2D eigenvalue weighted by molar-refractivity contribution is 6.03. The number of rotatable bonds is 6. The minimum Gasteiger partial charge on any atom is -0.507 e. The number of fused-ring (bicyclic) bond motifs is 1. The molecule has 0 spiro atoms. The van der Waals surface area contributed by atoms with Gasteiger partial charge in [-0.25, -0.2) is 18.6 Å². The Balaban J connectivity index is 2.17. The first-order valence-corrected chi connectivity index (χ1v) is 10.2. The summed E-state index contributed by atoms with van der Waals surface area (Å²) < 4.78 is 35.2. The van der Waals surface area contributed by atoms with E-state index in [2.05, 4.69) is 4.98 Å². The molecule has 2 aromatic carbocycles. The Morgan fingerprint density at radius 2 is 1.79 bits per heavy atom. The Morgan fingerprint density at radius 1 is 1.09 bits per heavy atom. The molecule has 0 unspecified atom stereocenters. The smallest absolute Gasteiger partial charge is 0.335 e. The number of phenols is 1. The van der Waals surface area contributed by atoms with Crippen molar-refractivity contribution in [2.24, 2.45) is 0 Å². The number of benzene rings is 2. The van der Waals surface area contributed by atoms with E-state index in [1.807, 2.05) is 13.8 Å². The van der Waals surface area contributed by atoms with E-state index in [9.17, 15) is 23.8 Å². The average Bonchev–Trinajstić information content (AvgIpc) is 3.10. The Morgan fingerprint density at radius 3 is 2.36 bits per heavy atom. The first-order valence-electron chi connectivity index (χ1n) is 10.2. The molecular formula is C25H22F2N2O4. The second-order valence-corrected chi connectivity index (χ2v) is 8.41. The first kappa shape index (κ1) is 22.4. The molecule has 33 heavy (non-hydrogen) atoms. The van der Waals surface area contributed by atoms with Crippen molar-refractivity contribution in [1.82, 2.24) is 9.55 Å². The van der Waals surface area contributed by atoms with E-state index in [1.165, 1.54) is 30.3 Å². The maximum atomic E-state index is 14.4. The van der Waals surface area contributed by atoms with Gasteiger partial charge in [0.25, 0.3) is 0 Å². The van der Waals surface area contributed by atoms with Gasteiger partial charge in [-0.3, -0.25) is 4.57 Å². The summed E-state index contributed by atoms with van der Waals surface area (Å²) in [4.78, 5) is 15.5. The largest absolute Gasteiger partial charge is 0.507 e. The van der Waals surface area contributed by atoms with Gasteiger partial charge in [0.1, 0.15) is 23.2 Å². The number of carbonyl (C=O) groups is 1. The number of aromatic nitrogens is 2. The fourth-order valence-electron chi connectivity index (χ4n) is 4.23. The highest BCUT2D eigenvalue weighted by Gasteiger charge is 2.33. The number of hydrogen-bond donors (Lipinski definition) is 2. The van der Waals surface area contributed by atoms with Crippen LogP contribution >= 0.6 is 0 Å². The molecule has 0 saturated heterocycles. The molecule has 0 radical (unpaired) electrons. The van der Waals surface area contributed by atoms with Gasteiger partial charge in [-0.2, -0.15) is 0 Å². The fourth-order valence-corrected chi connectivity index (χ4v) is 4.23. The van der Waals surface area contributed by atoms with Crippen molar-refractivity contribution in [3.63, 3.8) is 0 Å². The molecule has 2 heterocycles. The number of aromatic hydroxyl groups is 1. The topological polar surface area (TPSA) is 84.6 Å².